The lowest BCUT2D eigenvalue weighted by Gasteiger charge is -2.28. The van der Waals surface area contributed by atoms with Crippen molar-refractivity contribution < 1.29 is 14.3 Å². The van der Waals surface area contributed by atoms with Gasteiger partial charge in [-0.25, -0.2) is 4.79 Å². The molecule has 0 bridgehead atoms. The molecule has 0 saturated carbocycles. The second kappa shape index (κ2) is 5.35. The summed E-state index contributed by atoms with van der Waals surface area (Å²) in [7, 11) is 0. The molecule has 1 aliphatic rings. The van der Waals surface area contributed by atoms with Crippen LogP contribution in [0.2, 0.25) is 0 Å². The van der Waals surface area contributed by atoms with E-state index in [0.717, 1.165) is 26.0 Å². The molecule has 1 fully saturated rings. The Morgan fingerprint density at radius 2 is 1.93 bits per heavy atom. The number of ether oxygens (including phenoxy) is 2. The third-order valence-corrected chi connectivity index (χ3v) is 2.12. The van der Waals surface area contributed by atoms with E-state index < -0.39 is 5.60 Å². The van der Waals surface area contributed by atoms with Crippen molar-refractivity contribution in [2.24, 2.45) is 0 Å². The summed E-state index contributed by atoms with van der Waals surface area (Å²) in [6, 6.07) is 0. The zero-order chi connectivity index (χ0) is 11.3. The minimum absolute atomic E-state index is 0.229. The quantitative estimate of drug-likeness (QED) is 0.620. The number of rotatable bonds is 0. The number of hydrogen-bond acceptors (Lipinski definition) is 3. The highest BCUT2D eigenvalue weighted by molar-refractivity contribution is 5.68. The Kier molecular flexibility index (Phi) is 4.39. The average molecular weight is 215 g/mol. The van der Waals surface area contributed by atoms with E-state index in [1.165, 1.54) is 0 Å². The van der Waals surface area contributed by atoms with E-state index in [-0.39, 0.29) is 6.09 Å². The molecule has 4 heteroatoms. The van der Waals surface area contributed by atoms with E-state index in [4.69, 9.17) is 9.47 Å². The number of carbonyl (C=O) groups excluding carboxylic acids is 1. The lowest BCUT2D eigenvalue weighted by Crippen LogP contribution is -2.40. The first-order chi connectivity index (χ1) is 6.99. The lowest BCUT2D eigenvalue weighted by molar-refractivity contribution is 0.0119. The normalized spacial score (nSPS) is 19.3. The molecule has 88 valence electrons. The maximum Gasteiger partial charge on any atom is 0.410 e. The van der Waals surface area contributed by atoms with Crippen molar-refractivity contribution in [2.75, 3.05) is 26.3 Å². The van der Waals surface area contributed by atoms with Crippen LogP contribution in [0, 0.1) is 0 Å². The first kappa shape index (κ1) is 12.3. The van der Waals surface area contributed by atoms with Crippen LogP contribution < -0.4 is 0 Å². The number of hydrogen-bond donors (Lipinski definition) is 0. The predicted molar refractivity (Wildman–Crippen MR) is 57.9 cm³/mol. The maximum atomic E-state index is 11.7. The highest BCUT2D eigenvalue weighted by atomic mass is 16.6. The first-order valence-electron chi connectivity index (χ1n) is 5.55. The molecule has 0 atom stereocenters. The van der Waals surface area contributed by atoms with Gasteiger partial charge in [0.15, 0.2) is 0 Å². The Morgan fingerprint density at radius 1 is 1.20 bits per heavy atom. The van der Waals surface area contributed by atoms with Crippen LogP contribution >= 0.6 is 0 Å². The van der Waals surface area contributed by atoms with Crippen LogP contribution in [-0.2, 0) is 9.47 Å². The van der Waals surface area contributed by atoms with Crippen molar-refractivity contribution in [3.63, 3.8) is 0 Å². The molecule has 0 aromatic rings. The van der Waals surface area contributed by atoms with Gasteiger partial charge in [-0.15, -0.1) is 0 Å². The topological polar surface area (TPSA) is 38.8 Å². The minimum Gasteiger partial charge on any atom is -0.444 e. The van der Waals surface area contributed by atoms with Gasteiger partial charge in [-0.2, -0.15) is 0 Å². The number of amides is 1. The Morgan fingerprint density at radius 3 is 2.60 bits per heavy atom. The molecule has 1 rings (SSSR count). The summed E-state index contributed by atoms with van der Waals surface area (Å²) in [5.74, 6) is 0. The molecule has 0 aliphatic carbocycles. The zero-order valence-electron chi connectivity index (χ0n) is 9.91. The largest absolute Gasteiger partial charge is 0.444 e. The van der Waals surface area contributed by atoms with E-state index in [9.17, 15) is 4.79 Å². The monoisotopic (exact) mass is 215 g/mol. The van der Waals surface area contributed by atoms with Crippen LogP contribution in [0.25, 0.3) is 0 Å². The Hall–Kier alpha value is -0.770. The van der Waals surface area contributed by atoms with E-state index >= 15 is 0 Å². The number of carbonyl (C=O) groups is 1. The summed E-state index contributed by atoms with van der Waals surface area (Å²) in [5.41, 5.74) is -0.416. The van der Waals surface area contributed by atoms with Crippen molar-refractivity contribution in [1.29, 1.82) is 0 Å². The zero-order valence-corrected chi connectivity index (χ0v) is 9.91. The van der Waals surface area contributed by atoms with Crippen molar-refractivity contribution in [1.82, 2.24) is 4.90 Å². The van der Waals surface area contributed by atoms with Gasteiger partial charge < -0.3 is 14.4 Å². The molecule has 0 radical (unpaired) electrons. The van der Waals surface area contributed by atoms with Crippen LogP contribution in [-0.4, -0.2) is 42.9 Å². The highest BCUT2D eigenvalue weighted by Crippen LogP contribution is 2.11. The van der Waals surface area contributed by atoms with Crippen LogP contribution in [0.5, 0.6) is 0 Å². The summed E-state index contributed by atoms with van der Waals surface area (Å²) in [4.78, 5) is 13.5. The molecule has 0 aromatic carbocycles. The SMILES string of the molecule is CC(C)(C)OC(=O)N1CCCCOCC1. The Balaban J connectivity index is 2.42. The molecule has 0 aromatic heterocycles. The predicted octanol–water partition coefficient (Wildman–Crippen LogP) is 2.03. The molecule has 4 nitrogen and oxygen atoms in total. The molecule has 1 aliphatic heterocycles. The van der Waals surface area contributed by atoms with Crippen molar-refractivity contribution >= 4 is 6.09 Å². The molecular weight excluding hydrogens is 194 g/mol. The van der Waals surface area contributed by atoms with Crippen molar-refractivity contribution in [3.8, 4) is 0 Å². The summed E-state index contributed by atoms with van der Waals surface area (Å²) in [5, 5.41) is 0. The maximum absolute atomic E-state index is 11.7. The third kappa shape index (κ3) is 5.02. The summed E-state index contributed by atoms with van der Waals surface area (Å²) >= 11 is 0. The van der Waals surface area contributed by atoms with Gasteiger partial charge in [-0.05, 0) is 33.6 Å². The Labute approximate surface area is 91.5 Å². The van der Waals surface area contributed by atoms with E-state index in [1.807, 2.05) is 20.8 Å². The van der Waals surface area contributed by atoms with Gasteiger partial charge in [0.2, 0.25) is 0 Å². The summed E-state index contributed by atoms with van der Waals surface area (Å²) in [6.45, 7) is 8.47. The van der Waals surface area contributed by atoms with Gasteiger partial charge in [-0.3, -0.25) is 0 Å². The van der Waals surface area contributed by atoms with Gasteiger partial charge in [0.05, 0.1) is 6.61 Å². The highest BCUT2D eigenvalue weighted by Gasteiger charge is 2.22. The van der Waals surface area contributed by atoms with Gasteiger partial charge in [-0.1, -0.05) is 0 Å². The fourth-order valence-corrected chi connectivity index (χ4v) is 1.40. The van der Waals surface area contributed by atoms with Crippen LogP contribution in [0.15, 0.2) is 0 Å². The van der Waals surface area contributed by atoms with Crippen LogP contribution in [0.4, 0.5) is 4.79 Å². The van der Waals surface area contributed by atoms with Crippen molar-refractivity contribution in [3.05, 3.63) is 0 Å². The molecule has 1 amide bonds. The van der Waals surface area contributed by atoms with Crippen molar-refractivity contribution in [2.45, 2.75) is 39.2 Å². The fourth-order valence-electron chi connectivity index (χ4n) is 1.40. The van der Waals surface area contributed by atoms with Gasteiger partial charge in [0.25, 0.3) is 0 Å². The third-order valence-electron chi connectivity index (χ3n) is 2.12. The summed E-state index contributed by atoms with van der Waals surface area (Å²) < 4.78 is 10.6. The smallest absolute Gasteiger partial charge is 0.410 e. The second-order valence-electron chi connectivity index (χ2n) is 4.79. The van der Waals surface area contributed by atoms with E-state index in [0.29, 0.717) is 13.2 Å². The van der Waals surface area contributed by atoms with E-state index in [2.05, 4.69) is 0 Å². The molecule has 1 saturated heterocycles. The summed E-state index contributed by atoms with van der Waals surface area (Å²) in [6.07, 6.45) is 1.77. The Bertz CT molecular complexity index is 202. The van der Waals surface area contributed by atoms with Gasteiger partial charge in [0.1, 0.15) is 5.60 Å². The van der Waals surface area contributed by atoms with Crippen LogP contribution in [0.1, 0.15) is 33.6 Å². The van der Waals surface area contributed by atoms with Gasteiger partial charge >= 0.3 is 6.09 Å². The molecule has 0 unspecified atom stereocenters. The van der Waals surface area contributed by atoms with E-state index in [1.54, 1.807) is 4.90 Å². The molecule has 15 heavy (non-hydrogen) atoms. The molecule has 0 spiro atoms. The average Bonchev–Trinajstić information content (AvgIpc) is 1.98. The number of nitrogens with zero attached hydrogens (tertiary/aromatic N) is 1. The molecule has 0 N–H and O–H groups in total. The second-order valence-corrected chi connectivity index (χ2v) is 4.79. The first-order valence-corrected chi connectivity index (χ1v) is 5.55. The van der Waals surface area contributed by atoms with Crippen LogP contribution in [0.3, 0.4) is 0 Å². The standard InChI is InChI=1S/C11H21NO3/c1-11(2,3)15-10(13)12-6-4-5-8-14-9-7-12/h4-9H2,1-3H3. The fraction of sp³-hybridized carbons (Fsp3) is 0.909. The van der Waals surface area contributed by atoms with Gasteiger partial charge in [0, 0.05) is 19.7 Å². The lowest BCUT2D eigenvalue weighted by atomic mass is 10.2. The minimum atomic E-state index is -0.416. The molecule has 1 heterocycles. The molecular formula is C11H21NO3.